The Balaban J connectivity index is 2.00. The van der Waals surface area contributed by atoms with Crippen LogP contribution in [0.15, 0.2) is 16.9 Å². The number of carbonyl (C=O) groups is 1. The van der Waals surface area contributed by atoms with Crippen LogP contribution in [0.1, 0.15) is 27.7 Å². The van der Waals surface area contributed by atoms with Gasteiger partial charge < -0.3 is 14.5 Å². The number of aromatic nitrogens is 2. The summed E-state index contributed by atoms with van der Waals surface area (Å²) in [4.78, 5) is 26.9. The van der Waals surface area contributed by atoms with Gasteiger partial charge in [-0.1, -0.05) is 0 Å². The summed E-state index contributed by atoms with van der Waals surface area (Å²) < 4.78 is 5.39. The minimum absolute atomic E-state index is 0.102. The molecule has 2 rings (SSSR count). The molecule has 7 heteroatoms. The van der Waals surface area contributed by atoms with Crippen LogP contribution in [-0.2, 0) is 4.74 Å². The summed E-state index contributed by atoms with van der Waals surface area (Å²) in [6.07, 6.45) is -0.288. The van der Waals surface area contributed by atoms with Gasteiger partial charge in [0, 0.05) is 31.7 Å². The largest absolute Gasteiger partial charge is 0.444 e. The van der Waals surface area contributed by atoms with Crippen LogP contribution in [0.4, 0.5) is 10.6 Å². The van der Waals surface area contributed by atoms with E-state index in [9.17, 15) is 9.59 Å². The van der Waals surface area contributed by atoms with Crippen LogP contribution in [0, 0.1) is 0 Å². The predicted molar refractivity (Wildman–Crippen MR) is 79.5 cm³/mol. The van der Waals surface area contributed by atoms with Crippen molar-refractivity contribution in [2.24, 2.45) is 0 Å². The van der Waals surface area contributed by atoms with Gasteiger partial charge in [-0.05, 0) is 33.8 Å². The molecule has 2 heterocycles. The average Bonchev–Trinajstić information content (AvgIpc) is 2.38. The van der Waals surface area contributed by atoms with Crippen molar-refractivity contribution < 1.29 is 9.53 Å². The van der Waals surface area contributed by atoms with E-state index >= 15 is 0 Å². The van der Waals surface area contributed by atoms with Crippen molar-refractivity contribution in [3.63, 3.8) is 0 Å². The van der Waals surface area contributed by atoms with Crippen LogP contribution in [0.2, 0.25) is 0 Å². The zero-order valence-electron chi connectivity index (χ0n) is 12.9. The van der Waals surface area contributed by atoms with E-state index in [-0.39, 0.29) is 17.7 Å². The Morgan fingerprint density at radius 2 is 2.10 bits per heavy atom. The highest BCUT2D eigenvalue weighted by molar-refractivity contribution is 5.68. The number of nitrogens with zero attached hydrogens (tertiary/aromatic N) is 3. The van der Waals surface area contributed by atoms with E-state index in [1.807, 2.05) is 27.7 Å². The standard InChI is InChI=1S/C14H22N4O3/c1-10-9-17(13(20)21-14(2,3)4)7-8-18(10)11-5-6-12(19)16-15-11/h5-6,10H,7-9H2,1-4H3,(H,16,19)/t10-/m0/s1. The van der Waals surface area contributed by atoms with Crippen molar-refractivity contribution in [2.45, 2.75) is 39.3 Å². The summed E-state index contributed by atoms with van der Waals surface area (Å²) in [6.45, 7) is 9.37. The lowest BCUT2D eigenvalue weighted by Crippen LogP contribution is -2.55. The van der Waals surface area contributed by atoms with E-state index in [4.69, 9.17) is 4.74 Å². The van der Waals surface area contributed by atoms with E-state index in [2.05, 4.69) is 15.1 Å². The molecule has 1 aliphatic rings. The first-order chi connectivity index (χ1) is 9.76. The number of aromatic amines is 1. The van der Waals surface area contributed by atoms with E-state index in [1.165, 1.54) is 6.07 Å². The monoisotopic (exact) mass is 294 g/mol. The maximum Gasteiger partial charge on any atom is 0.410 e. The second kappa shape index (κ2) is 5.75. The fraction of sp³-hybridized carbons (Fsp3) is 0.643. The van der Waals surface area contributed by atoms with Crippen LogP contribution < -0.4 is 10.5 Å². The van der Waals surface area contributed by atoms with Gasteiger partial charge >= 0.3 is 6.09 Å². The summed E-state index contributed by atoms with van der Waals surface area (Å²) in [5, 5.41) is 6.47. The molecule has 0 bridgehead atoms. The first-order valence-electron chi connectivity index (χ1n) is 7.06. The molecular weight excluding hydrogens is 272 g/mol. The van der Waals surface area contributed by atoms with Crippen LogP contribution in [-0.4, -0.2) is 52.5 Å². The first-order valence-corrected chi connectivity index (χ1v) is 7.06. The number of anilines is 1. The molecule has 1 amide bonds. The van der Waals surface area contributed by atoms with Gasteiger partial charge in [0.15, 0.2) is 0 Å². The summed E-state index contributed by atoms with van der Waals surface area (Å²) in [5.41, 5.74) is -0.712. The number of rotatable bonds is 1. The summed E-state index contributed by atoms with van der Waals surface area (Å²) in [5.74, 6) is 0.714. The van der Waals surface area contributed by atoms with Crippen molar-refractivity contribution in [3.05, 3.63) is 22.5 Å². The molecule has 1 aromatic heterocycles. The van der Waals surface area contributed by atoms with Gasteiger partial charge in [-0.15, -0.1) is 0 Å². The quantitative estimate of drug-likeness (QED) is 0.842. The molecule has 7 nitrogen and oxygen atoms in total. The molecule has 0 radical (unpaired) electrons. The normalized spacial score (nSPS) is 19.5. The number of H-pyrrole nitrogens is 1. The molecule has 0 aliphatic carbocycles. The number of amides is 1. The Kier molecular flexibility index (Phi) is 4.20. The van der Waals surface area contributed by atoms with Gasteiger partial charge in [0.25, 0.3) is 5.56 Å². The minimum atomic E-state index is -0.488. The average molecular weight is 294 g/mol. The number of carbonyl (C=O) groups excluding carboxylic acids is 1. The first kappa shape index (κ1) is 15.3. The van der Waals surface area contributed by atoms with E-state index < -0.39 is 5.60 Å². The van der Waals surface area contributed by atoms with Crippen LogP contribution >= 0.6 is 0 Å². The molecule has 1 atom stereocenters. The lowest BCUT2D eigenvalue weighted by Gasteiger charge is -2.40. The van der Waals surface area contributed by atoms with Crippen molar-refractivity contribution in [1.82, 2.24) is 15.1 Å². The van der Waals surface area contributed by atoms with Gasteiger partial charge in [-0.3, -0.25) is 4.79 Å². The zero-order chi connectivity index (χ0) is 15.6. The third kappa shape index (κ3) is 3.96. The fourth-order valence-electron chi connectivity index (χ4n) is 2.29. The van der Waals surface area contributed by atoms with E-state index in [0.29, 0.717) is 25.5 Å². The van der Waals surface area contributed by atoms with Crippen LogP contribution in [0.3, 0.4) is 0 Å². The van der Waals surface area contributed by atoms with Crippen molar-refractivity contribution in [3.8, 4) is 0 Å². The molecule has 1 aliphatic heterocycles. The fourth-order valence-corrected chi connectivity index (χ4v) is 2.29. The zero-order valence-corrected chi connectivity index (χ0v) is 12.9. The molecule has 21 heavy (non-hydrogen) atoms. The molecule has 1 N–H and O–H groups in total. The number of hydrogen-bond donors (Lipinski definition) is 1. The Morgan fingerprint density at radius 3 is 2.62 bits per heavy atom. The smallest absolute Gasteiger partial charge is 0.410 e. The van der Waals surface area contributed by atoms with Gasteiger partial charge in [0.1, 0.15) is 11.4 Å². The maximum absolute atomic E-state index is 12.1. The van der Waals surface area contributed by atoms with Crippen molar-refractivity contribution >= 4 is 11.9 Å². The second-order valence-corrected chi connectivity index (χ2v) is 6.25. The summed E-state index contributed by atoms with van der Waals surface area (Å²) in [7, 11) is 0. The highest BCUT2D eigenvalue weighted by Gasteiger charge is 2.30. The van der Waals surface area contributed by atoms with E-state index in [0.717, 1.165) is 0 Å². The van der Waals surface area contributed by atoms with E-state index in [1.54, 1.807) is 11.0 Å². The minimum Gasteiger partial charge on any atom is -0.444 e. The Morgan fingerprint density at radius 1 is 1.38 bits per heavy atom. The third-order valence-electron chi connectivity index (χ3n) is 3.24. The van der Waals surface area contributed by atoms with Gasteiger partial charge in [0.2, 0.25) is 0 Å². The molecule has 1 saturated heterocycles. The summed E-state index contributed by atoms with van der Waals surface area (Å²) >= 11 is 0. The molecule has 1 aromatic rings. The van der Waals surface area contributed by atoms with Gasteiger partial charge in [-0.2, -0.15) is 5.10 Å². The van der Waals surface area contributed by atoms with Crippen LogP contribution in [0.5, 0.6) is 0 Å². The lowest BCUT2D eigenvalue weighted by atomic mass is 10.2. The number of hydrogen-bond acceptors (Lipinski definition) is 5. The molecule has 0 aromatic carbocycles. The molecule has 0 saturated carbocycles. The highest BCUT2D eigenvalue weighted by Crippen LogP contribution is 2.18. The number of piperazine rings is 1. The van der Waals surface area contributed by atoms with Gasteiger partial charge in [-0.25, -0.2) is 9.89 Å². The Bertz CT molecular complexity index is 544. The SMILES string of the molecule is C[C@H]1CN(C(=O)OC(C)(C)C)CCN1c1ccc(=O)[nH]n1. The van der Waals surface area contributed by atoms with Gasteiger partial charge in [0.05, 0.1) is 0 Å². The number of nitrogens with one attached hydrogen (secondary N) is 1. The Labute approximate surface area is 123 Å². The maximum atomic E-state index is 12.1. The Hall–Kier alpha value is -2.05. The summed E-state index contributed by atoms with van der Waals surface area (Å²) in [6, 6.07) is 3.25. The second-order valence-electron chi connectivity index (χ2n) is 6.25. The molecule has 0 unspecified atom stereocenters. The molecule has 116 valence electrons. The molecule has 1 fully saturated rings. The highest BCUT2D eigenvalue weighted by atomic mass is 16.6. The van der Waals surface area contributed by atoms with Crippen LogP contribution in [0.25, 0.3) is 0 Å². The number of ether oxygens (including phenoxy) is 1. The third-order valence-corrected chi connectivity index (χ3v) is 3.24. The molecule has 0 spiro atoms. The predicted octanol–water partition coefficient (Wildman–Crippen LogP) is 1.22. The van der Waals surface area contributed by atoms with Crippen molar-refractivity contribution in [1.29, 1.82) is 0 Å². The topological polar surface area (TPSA) is 78.5 Å². The lowest BCUT2D eigenvalue weighted by molar-refractivity contribution is 0.0218. The van der Waals surface area contributed by atoms with Crippen molar-refractivity contribution in [2.75, 3.05) is 24.5 Å². The molecular formula is C14H22N4O3.